The van der Waals surface area contributed by atoms with Crippen molar-refractivity contribution in [2.45, 2.75) is 6.54 Å². The van der Waals surface area contributed by atoms with Crippen molar-refractivity contribution in [2.75, 3.05) is 5.32 Å². The average molecular weight is 240 g/mol. The van der Waals surface area contributed by atoms with E-state index in [4.69, 9.17) is 0 Å². The van der Waals surface area contributed by atoms with Gasteiger partial charge in [0, 0.05) is 18.6 Å². The number of hydrogen-bond acceptors (Lipinski definition) is 5. The quantitative estimate of drug-likeness (QED) is 0.748. The van der Waals surface area contributed by atoms with Crippen LogP contribution in [0.5, 0.6) is 0 Å². The van der Waals surface area contributed by atoms with E-state index in [0.717, 1.165) is 16.7 Å². The highest BCUT2D eigenvalue weighted by atomic mass is 15.3. The van der Waals surface area contributed by atoms with Crippen LogP contribution in [0.1, 0.15) is 5.82 Å². The molecule has 0 bridgehead atoms. The van der Waals surface area contributed by atoms with Gasteiger partial charge in [0.25, 0.3) is 0 Å². The van der Waals surface area contributed by atoms with E-state index in [1.165, 1.54) is 0 Å². The molecule has 0 aliphatic heterocycles. The van der Waals surface area contributed by atoms with E-state index in [0.29, 0.717) is 12.5 Å². The molecule has 90 valence electrons. The van der Waals surface area contributed by atoms with Crippen LogP contribution in [0.2, 0.25) is 0 Å². The minimum atomic E-state index is 0.550. The smallest absolute Gasteiger partial charge is 0.223 e. The number of nitrogens with zero attached hydrogens (tertiary/aromatic N) is 5. The Morgan fingerprint density at radius 1 is 1.28 bits per heavy atom. The van der Waals surface area contributed by atoms with Gasteiger partial charge in [-0.05, 0) is 6.07 Å². The minimum Gasteiger partial charge on any atom is -0.347 e. The number of benzene rings is 1. The summed E-state index contributed by atoms with van der Waals surface area (Å²) in [6, 6.07) is 7.88. The van der Waals surface area contributed by atoms with Crippen molar-refractivity contribution in [1.29, 1.82) is 0 Å². The van der Waals surface area contributed by atoms with Crippen LogP contribution in [0.3, 0.4) is 0 Å². The van der Waals surface area contributed by atoms with Gasteiger partial charge in [-0.25, -0.2) is 9.97 Å². The van der Waals surface area contributed by atoms with Crippen LogP contribution in [0, 0.1) is 0 Å². The van der Waals surface area contributed by atoms with Crippen LogP contribution in [0.4, 0.5) is 5.95 Å². The number of para-hydroxylation sites is 1. The number of rotatable bonds is 3. The molecular weight excluding hydrogens is 228 g/mol. The van der Waals surface area contributed by atoms with E-state index >= 15 is 0 Å². The number of fused-ring (bicyclic) bond motifs is 1. The predicted octanol–water partition coefficient (Wildman–Crippen LogP) is 1.37. The van der Waals surface area contributed by atoms with Gasteiger partial charge < -0.3 is 9.88 Å². The SMILES string of the molecule is Cn1cnnc1CNc1ncc2ccccc2n1. The Kier molecular flexibility index (Phi) is 2.60. The summed E-state index contributed by atoms with van der Waals surface area (Å²) in [5, 5.41) is 12.0. The van der Waals surface area contributed by atoms with E-state index in [9.17, 15) is 0 Å². The monoisotopic (exact) mass is 240 g/mol. The van der Waals surface area contributed by atoms with Crippen LogP contribution in [-0.2, 0) is 13.6 Å². The summed E-state index contributed by atoms with van der Waals surface area (Å²) in [5.74, 6) is 1.43. The molecule has 1 N–H and O–H groups in total. The maximum atomic E-state index is 4.42. The maximum absolute atomic E-state index is 4.42. The topological polar surface area (TPSA) is 68.5 Å². The molecule has 0 unspecified atom stereocenters. The third-order valence-electron chi connectivity index (χ3n) is 2.70. The number of aromatic nitrogens is 5. The molecule has 0 radical (unpaired) electrons. The highest BCUT2D eigenvalue weighted by molar-refractivity contribution is 5.78. The Labute approximate surface area is 104 Å². The van der Waals surface area contributed by atoms with Crippen molar-refractivity contribution in [1.82, 2.24) is 24.7 Å². The largest absolute Gasteiger partial charge is 0.347 e. The second kappa shape index (κ2) is 4.40. The van der Waals surface area contributed by atoms with E-state index in [-0.39, 0.29) is 0 Å². The van der Waals surface area contributed by atoms with Crippen molar-refractivity contribution >= 4 is 16.9 Å². The molecule has 2 aromatic heterocycles. The van der Waals surface area contributed by atoms with Crippen LogP contribution in [0.25, 0.3) is 10.9 Å². The highest BCUT2D eigenvalue weighted by Crippen LogP contribution is 2.11. The first-order valence-corrected chi connectivity index (χ1v) is 5.61. The third kappa shape index (κ3) is 2.00. The summed E-state index contributed by atoms with van der Waals surface area (Å²) in [5.41, 5.74) is 0.924. The predicted molar refractivity (Wildman–Crippen MR) is 67.9 cm³/mol. The first-order valence-electron chi connectivity index (χ1n) is 5.61. The first kappa shape index (κ1) is 10.6. The zero-order chi connectivity index (χ0) is 12.4. The fourth-order valence-electron chi connectivity index (χ4n) is 1.68. The molecule has 0 saturated heterocycles. The van der Waals surface area contributed by atoms with E-state index < -0.39 is 0 Å². The van der Waals surface area contributed by atoms with E-state index in [1.54, 1.807) is 12.5 Å². The van der Waals surface area contributed by atoms with Crippen LogP contribution in [-0.4, -0.2) is 24.7 Å². The molecule has 6 nitrogen and oxygen atoms in total. The Morgan fingerprint density at radius 2 is 2.17 bits per heavy atom. The molecule has 18 heavy (non-hydrogen) atoms. The fourth-order valence-corrected chi connectivity index (χ4v) is 1.68. The summed E-state index contributed by atoms with van der Waals surface area (Å²) in [4.78, 5) is 8.68. The molecule has 6 heteroatoms. The van der Waals surface area contributed by atoms with Crippen molar-refractivity contribution in [3.05, 3.63) is 42.6 Å². The maximum Gasteiger partial charge on any atom is 0.223 e. The van der Waals surface area contributed by atoms with Gasteiger partial charge in [-0.1, -0.05) is 18.2 Å². The number of hydrogen-bond donors (Lipinski definition) is 1. The zero-order valence-electron chi connectivity index (χ0n) is 9.91. The molecule has 0 fully saturated rings. The van der Waals surface area contributed by atoms with Gasteiger partial charge in [-0.3, -0.25) is 0 Å². The van der Waals surface area contributed by atoms with Crippen molar-refractivity contribution < 1.29 is 0 Å². The van der Waals surface area contributed by atoms with E-state index in [1.807, 2.05) is 35.9 Å². The molecule has 0 spiro atoms. The molecule has 3 rings (SSSR count). The second-order valence-corrected chi connectivity index (χ2v) is 3.96. The lowest BCUT2D eigenvalue weighted by molar-refractivity contribution is 0.808. The molecule has 0 amide bonds. The Bertz CT molecular complexity index is 675. The molecule has 2 heterocycles. The molecule has 0 aliphatic carbocycles. The fraction of sp³-hybridized carbons (Fsp3) is 0.167. The molecule has 1 aromatic carbocycles. The first-order chi connectivity index (χ1) is 8.83. The summed E-state index contributed by atoms with van der Waals surface area (Å²) < 4.78 is 1.86. The Balaban J connectivity index is 1.81. The van der Waals surface area contributed by atoms with Crippen molar-refractivity contribution in [3.63, 3.8) is 0 Å². The number of nitrogens with one attached hydrogen (secondary N) is 1. The summed E-state index contributed by atoms with van der Waals surface area (Å²) in [6.07, 6.45) is 3.47. The third-order valence-corrected chi connectivity index (χ3v) is 2.70. The van der Waals surface area contributed by atoms with Gasteiger partial charge in [0.1, 0.15) is 6.33 Å². The molecular formula is C12H12N6. The van der Waals surface area contributed by atoms with Crippen molar-refractivity contribution in [2.24, 2.45) is 7.05 Å². The average Bonchev–Trinajstić information content (AvgIpc) is 2.82. The number of anilines is 1. The standard InChI is InChI=1S/C12H12N6/c1-18-8-15-17-11(18)7-14-12-13-6-9-4-2-3-5-10(9)16-12/h2-6,8H,7H2,1H3,(H,13,14,16). The summed E-state index contributed by atoms with van der Waals surface area (Å²) in [7, 11) is 1.90. The normalized spacial score (nSPS) is 10.7. The molecule has 3 aromatic rings. The Morgan fingerprint density at radius 3 is 3.00 bits per heavy atom. The van der Waals surface area contributed by atoms with Gasteiger partial charge in [0.15, 0.2) is 5.82 Å². The van der Waals surface area contributed by atoms with Gasteiger partial charge >= 0.3 is 0 Å². The molecule has 0 saturated carbocycles. The van der Waals surface area contributed by atoms with Crippen LogP contribution >= 0.6 is 0 Å². The summed E-state index contributed by atoms with van der Waals surface area (Å²) >= 11 is 0. The van der Waals surface area contributed by atoms with Gasteiger partial charge in [-0.15, -0.1) is 10.2 Å². The zero-order valence-corrected chi connectivity index (χ0v) is 9.91. The molecule has 0 atom stereocenters. The second-order valence-electron chi connectivity index (χ2n) is 3.96. The highest BCUT2D eigenvalue weighted by Gasteiger charge is 2.02. The number of aryl methyl sites for hydroxylation is 1. The van der Waals surface area contributed by atoms with Gasteiger partial charge in [0.2, 0.25) is 5.95 Å². The molecule has 0 aliphatic rings. The summed E-state index contributed by atoms with van der Waals surface area (Å²) in [6.45, 7) is 0.550. The van der Waals surface area contributed by atoms with Gasteiger partial charge in [-0.2, -0.15) is 0 Å². The lowest BCUT2D eigenvalue weighted by Crippen LogP contribution is -2.08. The van der Waals surface area contributed by atoms with Crippen molar-refractivity contribution in [3.8, 4) is 0 Å². The minimum absolute atomic E-state index is 0.550. The lowest BCUT2D eigenvalue weighted by atomic mass is 10.2. The van der Waals surface area contributed by atoms with E-state index in [2.05, 4.69) is 25.5 Å². The van der Waals surface area contributed by atoms with Crippen LogP contribution in [0.15, 0.2) is 36.8 Å². The lowest BCUT2D eigenvalue weighted by Gasteiger charge is -2.04. The van der Waals surface area contributed by atoms with Crippen LogP contribution < -0.4 is 5.32 Å². The Hall–Kier alpha value is -2.50. The van der Waals surface area contributed by atoms with Gasteiger partial charge in [0.05, 0.1) is 12.1 Å².